The van der Waals surface area contributed by atoms with E-state index >= 15 is 4.39 Å². The standard InChI is InChI=1S/C23H21ClF2N6OS/c1-11-9-32(6-5-28-11)21-13-7-14(24)17(18(26)19(13)29-8-16(21)31(2)10-33)12-3-4-15(25)22-20(12)30-23(27)34-22/h3-4,7-8,10-11,28H,5-6,9H2,1-2H3,(H2,27,30)/t11-/m1/s1. The van der Waals surface area contributed by atoms with Crippen LogP contribution >= 0.6 is 22.9 Å². The molecule has 0 saturated carbocycles. The summed E-state index contributed by atoms with van der Waals surface area (Å²) in [6.45, 7) is 4.13. The number of anilines is 3. The monoisotopic (exact) mass is 502 g/mol. The Morgan fingerprint density at radius 2 is 2.15 bits per heavy atom. The minimum atomic E-state index is -0.647. The van der Waals surface area contributed by atoms with Gasteiger partial charge in [-0.25, -0.2) is 13.8 Å². The topological polar surface area (TPSA) is 87.4 Å². The molecule has 4 aromatic rings. The Balaban J connectivity index is 1.79. The van der Waals surface area contributed by atoms with Gasteiger partial charge in [0.1, 0.15) is 11.3 Å². The SMILES string of the molecule is C[C@@H]1CN(c2c(N(C)C=O)cnc3c(F)c(-c4ccc(F)c5sc(N)nc45)c(Cl)cc23)CCN1. The van der Waals surface area contributed by atoms with Crippen LogP contribution in [0.1, 0.15) is 6.92 Å². The van der Waals surface area contributed by atoms with Crippen LogP contribution in [0.4, 0.5) is 25.3 Å². The molecule has 0 bridgehead atoms. The molecule has 1 aliphatic heterocycles. The number of rotatable bonds is 4. The molecule has 0 unspecified atom stereocenters. The number of pyridine rings is 1. The van der Waals surface area contributed by atoms with Gasteiger partial charge in [0, 0.05) is 49.2 Å². The second-order valence-electron chi connectivity index (χ2n) is 8.28. The molecule has 1 aliphatic rings. The number of hydrogen-bond donors (Lipinski definition) is 2. The lowest BCUT2D eigenvalue weighted by Crippen LogP contribution is -2.49. The van der Waals surface area contributed by atoms with Crippen LogP contribution in [0, 0.1) is 11.6 Å². The fourth-order valence-corrected chi connectivity index (χ4v) is 5.52. The number of nitrogens with one attached hydrogen (secondary N) is 1. The fraction of sp³-hybridized carbons (Fsp3) is 0.261. The summed E-state index contributed by atoms with van der Waals surface area (Å²) >= 11 is 7.66. The van der Waals surface area contributed by atoms with Gasteiger partial charge in [0.05, 0.1) is 32.8 Å². The van der Waals surface area contributed by atoms with Crippen LogP contribution in [0.3, 0.4) is 0 Å². The largest absolute Gasteiger partial charge is 0.375 e. The van der Waals surface area contributed by atoms with E-state index in [1.807, 2.05) is 0 Å². The third kappa shape index (κ3) is 3.62. The predicted molar refractivity (Wildman–Crippen MR) is 134 cm³/mol. The Labute approximate surface area is 203 Å². The van der Waals surface area contributed by atoms with Crippen molar-refractivity contribution < 1.29 is 13.6 Å². The number of carbonyl (C=O) groups is 1. The Bertz CT molecular complexity index is 1440. The zero-order valence-electron chi connectivity index (χ0n) is 18.4. The van der Waals surface area contributed by atoms with Crippen molar-refractivity contribution in [3.05, 3.63) is 41.1 Å². The van der Waals surface area contributed by atoms with Gasteiger partial charge in [0.25, 0.3) is 0 Å². The van der Waals surface area contributed by atoms with E-state index in [2.05, 4.69) is 27.1 Å². The summed E-state index contributed by atoms with van der Waals surface area (Å²) in [7, 11) is 1.62. The highest BCUT2D eigenvalue weighted by molar-refractivity contribution is 7.22. The summed E-state index contributed by atoms with van der Waals surface area (Å²) in [4.78, 5) is 23.7. The number of hydrogen-bond acceptors (Lipinski definition) is 7. The number of halogens is 3. The zero-order chi connectivity index (χ0) is 24.1. The van der Waals surface area contributed by atoms with E-state index in [0.29, 0.717) is 41.8 Å². The molecule has 1 fully saturated rings. The van der Waals surface area contributed by atoms with E-state index in [1.165, 1.54) is 23.2 Å². The summed E-state index contributed by atoms with van der Waals surface area (Å²) in [5.41, 5.74) is 7.80. The minimum Gasteiger partial charge on any atom is -0.375 e. The van der Waals surface area contributed by atoms with Gasteiger partial charge in [-0.2, -0.15) is 0 Å². The van der Waals surface area contributed by atoms with E-state index < -0.39 is 11.6 Å². The normalized spacial score (nSPS) is 16.4. The predicted octanol–water partition coefficient (Wildman–Crippen LogP) is 4.42. The lowest BCUT2D eigenvalue weighted by Gasteiger charge is -2.36. The van der Waals surface area contributed by atoms with Crippen molar-refractivity contribution in [2.45, 2.75) is 13.0 Å². The number of aromatic nitrogens is 2. The Hall–Kier alpha value is -3.08. The average molecular weight is 503 g/mol. The van der Waals surface area contributed by atoms with Gasteiger partial charge in [-0.05, 0) is 25.1 Å². The molecule has 11 heteroatoms. The maximum Gasteiger partial charge on any atom is 0.213 e. The Morgan fingerprint density at radius 3 is 2.88 bits per heavy atom. The first-order chi connectivity index (χ1) is 16.3. The second-order valence-corrected chi connectivity index (χ2v) is 9.72. The molecule has 7 nitrogen and oxygen atoms in total. The highest BCUT2D eigenvalue weighted by Gasteiger charge is 2.27. The van der Waals surface area contributed by atoms with Crippen molar-refractivity contribution in [1.82, 2.24) is 15.3 Å². The number of nitrogens with zero attached hydrogens (tertiary/aromatic N) is 4. The van der Waals surface area contributed by atoms with E-state index in [1.54, 1.807) is 13.1 Å². The quantitative estimate of drug-likeness (QED) is 0.402. The third-order valence-corrected chi connectivity index (χ3v) is 7.20. The molecule has 0 spiro atoms. The van der Waals surface area contributed by atoms with Gasteiger partial charge in [0.2, 0.25) is 6.41 Å². The highest BCUT2D eigenvalue weighted by atomic mass is 35.5. The van der Waals surface area contributed by atoms with Gasteiger partial charge >= 0.3 is 0 Å². The molecule has 5 rings (SSSR count). The molecule has 34 heavy (non-hydrogen) atoms. The molecule has 2 aromatic carbocycles. The van der Waals surface area contributed by atoms with Gasteiger partial charge in [-0.3, -0.25) is 9.78 Å². The summed E-state index contributed by atoms with van der Waals surface area (Å²) in [6, 6.07) is 4.55. The van der Waals surface area contributed by atoms with Crippen molar-refractivity contribution in [2.75, 3.05) is 42.2 Å². The molecule has 1 amide bonds. The first kappa shape index (κ1) is 22.7. The van der Waals surface area contributed by atoms with E-state index in [0.717, 1.165) is 17.9 Å². The Morgan fingerprint density at radius 1 is 1.35 bits per heavy atom. The zero-order valence-corrected chi connectivity index (χ0v) is 20.0. The number of nitrogens with two attached hydrogens (primary N) is 1. The van der Waals surface area contributed by atoms with Crippen LogP contribution in [0.2, 0.25) is 5.02 Å². The maximum atomic E-state index is 16.1. The second kappa shape index (κ2) is 8.61. The number of carbonyl (C=O) groups excluding carboxylic acids is 1. The van der Waals surface area contributed by atoms with E-state index in [4.69, 9.17) is 17.3 Å². The number of thiazole rings is 1. The van der Waals surface area contributed by atoms with Crippen LogP contribution in [0.25, 0.3) is 32.2 Å². The summed E-state index contributed by atoms with van der Waals surface area (Å²) < 4.78 is 30.6. The third-order valence-electron chi connectivity index (χ3n) is 6.01. The van der Waals surface area contributed by atoms with Crippen molar-refractivity contribution in [2.24, 2.45) is 0 Å². The van der Waals surface area contributed by atoms with E-state index in [-0.39, 0.29) is 37.5 Å². The van der Waals surface area contributed by atoms with Crippen molar-refractivity contribution in [3.8, 4) is 11.1 Å². The van der Waals surface area contributed by atoms with Crippen LogP contribution in [-0.2, 0) is 4.79 Å². The molecule has 1 atom stereocenters. The number of piperazine rings is 1. The molecule has 2 aromatic heterocycles. The van der Waals surface area contributed by atoms with Crippen LogP contribution in [-0.4, -0.2) is 49.1 Å². The molecule has 0 radical (unpaired) electrons. The maximum absolute atomic E-state index is 16.1. The fourth-order valence-electron chi connectivity index (χ4n) is 4.46. The van der Waals surface area contributed by atoms with Crippen molar-refractivity contribution in [1.29, 1.82) is 0 Å². The number of fused-ring (bicyclic) bond motifs is 2. The van der Waals surface area contributed by atoms with Gasteiger partial charge in [-0.15, -0.1) is 0 Å². The average Bonchev–Trinajstić information content (AvgIpc) is 3.21. The molecular formula is C23H21ClF2N6OS. The van der Waals surface area contributed by atoms with Crippen molar-refractivity contribution >= 4 is 67.0 Å². The lowest BCUT2D eigenvalue weighted by atomic mass is 9.99. The number of amides is 1. The molecule has 3 N–H and O–H groups in total. The molecule has 3 heterocycles. The molecular weight excluding hydrogens is 482 g/mol. The molecule has 0 aliphatic carbocycles. The molecule has 176 valence electrons. The number of benzene rings is 2. The highest BCUT2D eigenvalue weighted by Crippen LogP contribution is 2.44. The smallest absolute Gasteiger partial charge is 0.213 e. The van der Waals surface area contributed by atoms with Gasteiger partial charge in [0.15, 0.2) is 10.9 Å². The first-order valence-electron chi connectivity index (χ1n) is 10.6. The van der Waals surface area contributed by atoms with Crippen LogP contribution < -0.4 is 20.9 Å². The first-order valence-corrected chi connectivity index (χ1v) is 11.8. The summed E-state index contributed by atoms with van der Waals surface area (Å²) in [5, 5.41) is 4.17. The summed E-state index contributed by atoms with van der Waals surface area (Å²) in [5.74, 6) is -1.13. The van der Waals surface area contributed by atoms with Gasteiger partial charge in [-0.1, -0.05) is 22.9 Å². The van der Waals surface area contributed by atoms with Crippen LogP contribution in [0.5, 0.6) is 0 Å². The summed E-state index contributed by atoms with van der Waals surface area (Å²) in [6.07, 6.45) is 2.17. The number of nitrogen functional groups attached to an aromatic ring is 1. The minimum absolute atomic E-state index is 0.0769. The van der Waals surface area contributed by atoms with Crippen molar-refractivity contribution in [3.63, 3.8) is 0 Å². The lowest BCUT2D eigenvalue weighted by molar-refractivity contribution is -0.107. The van der Waals surface area contributed by atoms with Gasteiger partial charge < -0.3 is 20.9 Å². The molecule has 1 saturated heterocycles. The Kier molecular flexibility index (Phi) is 5.75. The van der Waals surface area contributed by atoms with Crippen LogP contribution in [0.15, 0.2) is 24.4 Å². The van der Waals surface area contributed by atoms with E-state index in [9.17, 15) is 9.18 Å².